The maximum absolute atomic E-state index is 13.6. The number of phenolic OH excluding ortho intramolecular Hbond substituents is 1. The molecule has 2 aliphatic heterocycles. The summed E-state index contributed by atoms with van der Waals surface area (Å²) in [5, 5.41) is 10.1. The van der Waals surface area contributed by atoms with E-state index in [0.29, 0.717) is 24.5 Å². The molecular formula is C32H37NO4. The van der Waals surface area contributed by atoms with E-state index in [0.717, 1.165) is 42.4 Å². The predicted molar refractivity (Wildman–Crippen MR) is 146 cm³/mol. The van der Waals surface area contributed by atoms with E-state index in [-0.39, 0.29) is 35.7 Å². The fraction of sp³-hybridized carbons (Fsp3) is 0.438. The lowest BCUT2D eigenvalue weighted by atomic mass is 9.68. The quantitative estimate of drug-likeness (QED) is 0.348. The molecule has 5 heteroatoms. The minimum absolute atomic E-state index is 0.00665. The molecule has 3 aliphatic rings. The first kappa shape index (κ1) is 25.5. The monoisotopic (exact) mass is 499 g/mol. The first-order chi connectivity index (χ1) is 17.8. The number of fused-ring (bicyclic) bond motifs is 3. The first-order valence-electron chi connectivity index (χ1n) is 13.5. The molecule has 0 radical (unpaired) electrons. The van der Waals surface area contributed by atoms with Crippen LogP contribution >= 0.6 is 0 Å². The van der Waals surface area contributed by atoms with Gasteiger partial charge in [-0.25, -0.2) is 0 Å². The minimum Gasteiger partial charge on any atom is -0.507 e. The Balaban J connectivity index is 1.36. The zero-order valence-corrected chi connectivity index (χ0v) is 22.3. The van der Waals surface area contributed by atoms with Crippen LogP contribution in [0, 0.1) is 31.6 Å². The maximum Gasteiger partial charge on any atom is 0.238 e. The smallest absolute Gasteiger partial charge is 0.238 e. The number of nitrogens with zero attached hydrogens (tertiary/aromatic N) is 1. The summed E-state index contributed by atoms with van der Waals surface area (Å²) in [5.41, 5.74) is 7.41. The second-order valence-electron chi connectivity index (χ2n) is 11.0. The van der Waals surface area contributed by atoms with Crippen molar-refractivity contribution in [3.8, 4) is 5.75 Å². The molecule has 2 amide bonds. The third kappa shape index (κ3) is 4.66. The standard InChI is InChI=1S/C32H37NO4/c1-5-9-23-17-25-29(32(36)33(31(25)35)24-10-7-6-8-11-24)26-18-37-27(28(23)26)13-12-19(2)14-22-15-20(3)30(34)21(4)16-22/h6-8,10-11,14-16,25-27,29,34H,5,9,12-13,17-18H2,1-4H3/b19-14+/t25-,26+,27-,29-/m1/s1. The van der Waals surface area contributed by atoms with Gasteiger partial charge in [0.05, 0.1) is 30.2 Å². The molecule has 1 N–H and O–H groups in total. The number of anilines is 1. The van der Waals surface area contributed by atoms with E-state index in [2.05, 4.69) is 19.9 Å². The van der Waals surface area contributed by atoms with Crippen molar-refractivity contribution in [2.75, 3.05) is 11.5 Å². The minimum atomic E-state index is -0.326. The van der Waals surface area contributed by atoms with Crippen LogP contribution in [0.3, 0.4) is 0 Å². The van der Waals surface area contributed by atoms with Crippen LogP contribution in [0.1, 0.15) is 62.6 Å². The van der Waals surface area contributed by atoms with Crippen molar-refractivity contribution < 1.29 is 19.4 Å². The summed E-state index contributed by atoms with van der Waals surface area (Å²) in [5.74, 6) is -0.395. The number of benzene rings is 2. The Morgan fingerprint density at radius 2 is 1.78 bits per heavy atom. The molecule has 2 aromatic rings. The van der Waals surface area contributed by atoms with Gasteiger partial charge in [0, 0.05) is 5.92 Å². The van der Waals surface area contributed by atoms with Crippen LogP contribution in [0.5, 0.6) is 5.75 Å². The number of hydrogen-bond donors (Lipinski definition) is 1. The Hall–Kier alpha value is -3.18. The second kappa shape index (κ2) is 10.3. The molecule has 194 valence electrons. The molecule has 0 aromatic heterocycles. The van der Waals surface area contributed by atoms with Gasteiger partial charge in [-0.15, -0.1) is 0 Å². The summed E-state index contributed by atoms with van der Waals surface area (Å²) in [6.45, 7) is 8.67. The third-order valence-corrected chi connectivity index (χ3v) is 8.30. The fourth-order valence-electron chi connectivity index (χ4n) is 6.63. The Kier molecular flexibility index (Phi) is 7.09. The zero-order chi connectivity index (χ0) is 26.3. The van der Waals surface area contributed by atoms with Crippen LogP contribution in [-0.4, -0.2) is 29.6 Å². The van der Waals surface area contributed by atoms with E-state index < -0.39 is 0 Å². The lowest BCUT2D eigenvalue weighted by Crippen LogP contribution is -2.34. The van der Waals surface area contributed by atoms with Crippen LogP contribution in [0.15, 0.2) is 59.2 Å². The number of phenols is 1. The fourth-order valence-corrected chi connectivity index (χ4v) is 6.63. The lowest BCUT2D eigenvalue weighted by Gasteiger charge is -2.31. The van der Waals surface area contributed by atoms with Gasteiger partial charge in [0.2, 0.25) is 11.8 Å². The lowest BCUT2D eigenvalue weighted by molar-refractivity contribution is -0.122. The van der Waals surface area contributed by atoms with Crippen molar-refractivity contribution >= 4 is 23.6 Å². The van der Waals surface area contributed by atoms with Gasteiger partial charge in [-0.1, -0.05) is 48.8 Å². The molecule has 5 rings (SSSR count). The van der Waals surface area contributed by atoms with Crippen LogP contribution in [0.2, 0.25) is 0 Å². The topological polar surface area (TPSA) is 66.8 Å². The van der Waals surface area contributed by atoms with E-state index in [4.69, 9.17) is 4.74 Å². The normalized spacial score (nSPS) is 25.6. The van der Waals surface area contributed by atoms with E-state index in [1.54, 1.807) is 0 Å². The summed E-state index contributed by atoms with van der Waals surface area (Å²) in [7, 11) is 0. The molecule has 2 aromatic carbocycles. The summed E-state index contributed by atoms with van der Waals surface area (Å²) >= 11 is 0. The van der Waals surface area contributed by atoms with E-state index >= 15 is 0 Å². The Morgan fingerprint density at radius 1 is 1.08 bits per heavy atom. The van der Waals surface area contributed by atoms with Gasteiger partial charge in [0.15, 0.2) is 0 Å². The van der Waals surface area contributed by atoms with E-state index in [1.807, 2.05) is 56.3 Å². The molecule has 5 nitrogen and oxygen atoms in total. The maximum atomic E-state index is 13.6. The van der Waals surface area contributed by atoms with Crippen molar-refractivity contribution in [1.29, 1.82) is 0 Å². The highest BCUT2D eigenvalue weighted by molar-refractivity contribution is 6.22. The van der Waals surface area contributed by atoms with Crippen LogP contribution in [0.25, 0.3) is 6.08 Å². The van der Waals surface area contributed by atoms with Crippen molar-refractivity contribution in [2.24, 2.45) is 17.8 Å². The van der Waals surface area contributed by atoms with Crippen LogP contribution < -0.4 is 4.90 Å². The highest BCUT2D eigenvalue weighted by Crippen LogP contribution is 2.51. The number of aryl methyl sites for hydroxylation is 2. The number of amides is 2. The average Bonchev–Trinajstić information content (AvgIpc) is 3.40. The number of hydrogen-bond acceptors (Lipinski definition) is 4. The van der Waals surface area contributed by atoms with Crippen LogP contribution in [-0.2, 0) is 14.3 Å². The van der Waals surface area contributed by atoms with Crippen LogP contribution in [0.4, 0.5) is 5.69 Å². The number of carbonyl (C=O) groups excluding carboxylic acids is 2. The Labute approximate surface area is 219 Å². The highest BCUT2D eigenvalue weighted by atomic mass is 16.5. The summed E-state index contributed by atoms with van der Waals surface area (Å²) in [6, 6.07) is 13.3. The van der Waals surface area contributed by atoms with E-state index in [9.17, 15) is 14.7 Å². The van der Waals surface area contributed by atoms with Gasteiger partial charge in [-0.2, -0.15) is 0 Å². The van der Waals surface area contributed by atoms with Gasteiger partial charge in [0.1, 0.15) is 5.75 Å². The molecule has 2 saturated heterocycles. The first-order valence-corrected chi connectivity index (χ1v) is 13.5. The van der Waals surface area contributed by atoms with Crippen molar-refractivity contribution in [1.82, 2.24) is 0 Å². The molecule has 0 unspecified atom stereocenters. The molecule has 4 atom stereocenters. The van der Waals surface area contributed by atoms with Crippen molar-refractivity contribution in [2.45, 2.75) is 65.9 Å². The zero-order valence-electron chi connectivity index (χ0n) is 22.3. The average molecular weight is 500 g/mol. The molecule has 0 spiro atoms. The van der Waals surface area contributed by atoms with Crippen molar-refractivity contribution in [3.63, 3.8) is 0 Å². The van der Waals surface area contributed by atoms with Gasteiger partial charge < -0.3 is 9.84 Å². The molecule has 0 saturated carbocycles. The molecule has 2 fully saturated rings. The largest absolute Gasteiger partial charge is 0.507 e. The molecular weight excluding hydrogens is 462 g/mol. The second-order valence-corrected chi connectivity index (χ2v) is 11.0. The summed E-state index contributed by atoms with van der Waals surface area (Å²) in [4.78, 5) is 28.5. The Morgan fingerprint density at radius 3 is 2.46 bits per heavy atom. The SMILES string of the molecule is CCCC1=C2[C@@H](CC/C(C)=C/c3cc(C)c(O)c(C)c3)OC[C@@H]2[C@@H]2C(=O)N(c3ccccc3)C(=O)[C@@H]2C1. The van der Waals surface area contributed by atoms with Gasteiger partial charge >= 0.3 is 0 Å². The number of aromatic hydroxyl groups is 1. The summed E-state index contributed by atoms with van der Waals surface area (Å²) < 4.78 is 6.36. The number of imide groups is 1. The molecule has 0 bridgehead atoms. The predicted octanol–water partition coefficient (Wildman–Crippen LogP) is 6.51. The number of rotatable bonds is 7. The molecule has 37 heavy (non-hydrogen) atoms. The molecule has 2 heterocycles. The number of allylic oxidation sites excluding steroid dienone is 2. The third-order valence-electron chi connectivity index (χ3n) is 8.30. The highest BCUT2D eigenvalue weighted by Gasteiger charge is 2.57. The summed E-state index contributed by atoms with van der Waals surface area (Å²) in [6.07, 6.45) is 6.55. The van der Waals surface area contributed by atoms with Gasteiger partial charge in [0.25, 0.3) is 0 Å². The Bertz CT molecular complexity index is 1250. The molecule has 1 aliphatic carbocycles. The van der Waals surface area contributed by atoms with Gasteiger partial charge in [-0.3, -0.25) is 14.5 Å². The van der Waals surface area contributed by atoms with E-state index in [1.165, 1.54) is 21.6 Å². The van der Waals surface area contributed by atoms with Gasteiger partial charge in [-0.05, 0) is 93.0 Å². The number of carbonyl (C=O) groups is 2. The number of ether oxygens (including phenoxy) is 1. The number of para-hydroxylation sites is 1. The van der Waals surface area contributed by atoms with Crippen molar-refractivity contribution in [3.05, 3.63) is 75.9 Å².